The second kappa shape index (κ2) is 12.1. The molecular formula is C29H46N2O6. The van der Waals surface area contributed by atoms with Crippen molar-refractivity contribution in [3.05, 3.63) is 25.3 Å². The van der Waals surface area contributed by atoms with E-state index in [0.717, 1.165) is 25.7 Å². The van der Waals surface area contributed by atoms with E-state index in [-0.39, 0.29) is 30.9 Å². The summed E-state index contributed by atoms with van der Waals surface area (Å²) in [6, 6.07) is -1.45. The quantitative estimate of drug-likeness (QED) is 0.203. The zero-order valence-corrected chi connectivity index (χ0v) is 23.1. The monoisotopic (exact) mass is 518 g/mol. The Bertz CT molecular complexity index is 872. The molecule has 3 aliphatic rings. The van der Waals surface area contributed by atoms with Crippen LogP contribution in [-0.2, 0) is 23.9 Å². The first-order valence-electron chi connectivity index (χ1n) is 14.0. The predicted molar refractivity (Wildman–Crippen MR) is 141 cm³/mol. The van der Waals surface area contributed by atoms with Crippen LogP contribution in [0.5, 0.6) is 0 Å². The van der Waals surface area contributed by atoms with Crippen molar-refractivity contribution < 1.29 is 29.0 Å². The van der Waals surface area contributed by atoms with Crippen LogP contribution in [-0.4, -0.2) is 82.3 Å². The van der Waals surface area contributed by atoms with Gasteiger partial charge in [-0.3, -0.25) is 14.4 Å². The van der Waals surface area contributed by atoms with E-state index in [9.17, 15) is 19.5 Å². The van der Waals surface area contributed by atoms with Gasteiger partial charge in [0, 0.05) is 13.1 Å². The zero-order chi connectivity index (χ0) is 27.4. The molecule has 3 aliphatic heterocycles. The third-order valence-electron chi connectivity index (χ3n) is 8.81. The summed E-state index contributed by atoms with van der Waals surface area (Å²) in [4.78, 5) is 45.2. The molecule has 1 spiro atoms. The molecule has 3 rings (SSSR count). The van der Waals surface area contributed by atoms with Crippen molar-refractivity contribution in [2.75, 3.05) is 26.3 Å². The number of aliphatic hydroxyl groups excluding tert-OH is 1. The summed E-state index contributed by atoms with van der Waals surface area (Å²) in [5.41, 5.74) is -2.04. The number of aliphatic hydroxyl groups is 1. The number of nitrogens with zero attached hydrogens (tertiary/aromatic N) is 2. The fraction of sp³-hybridized carbons (Fsp3) is 0.759. The van der Waals surface area contributed by atoms with Crippen molar-refractivity contribution in [1.82, 2.24) is 9.80 Å². The van der Waals surface area contributed by atoms with Gasteiger partial charge in [0.1, 0.15) is 17.6 Å². The van der Waals surface area contributed by atoms with Gasteiger partial charge >= 0.3 is 5.97 Å². The third kappa shape index (κ3) is 4.99. The minimum atomic E-state index is -1.14. The molecule has 2 amide bonds. The zero-order valence-electron chi connectivity index (χ0n) is 23.1. The highest BCUT2D eigenvalue weighted by atomic mass is 16.6. The molecule has 0 aromatic heterocycles. The molecule has 0 radical (unpaired) electrons. The highest BCUT2D eigenvalue weighted by molar-refractivity contribution is 5.98. The SMILES string of the molecule is C=CCCCCOC(=O)[C@@H]1[C@H]2C(=O)N([C@@H](CC)CO)C(C(=O)N(CC=C)CCCC)C23CC(C)[C@@]1(C)O3. The van der Waals surface area contributed by atoms with Gasteiger partial charge in [-0.2, -0.15) is 0 Å². The van der Waals surface area contributed by atoms with Crippen LogP contribution in [0.25, 0.3) is 0 Å². The largest absolute Gasteiger partial charge is 0.465 e. The van der Waals surface area contributed by atoms with Crippen LogP contribution >= 0.6 is 0 Å². The second-order valence-electron chi connectivity index (χ2n) is 11.1. The number of rotatable bonds is 15. The smallest absolute Gasteiger partial charge is 0.312 e. The standard InChI is InChI=1S/C29H46N2O6/c1-7-11-13-14-17-36-27(35)23-22-25(33)31(21(10-4)19-32)24(26(34)30(15-9-3)16-12-8-2)29(22)18-20(5)28(23,6)37-29/h7,9,20-24,32H,1,3,8,10-19H2,2,4-6H3/t20?,21-,22-,23-,24?,28+,29?/m0/s1. The summed E-state index contributed by atoms with van der Waals surface area (Å²) in [6.45, 7) is 16.3. The lowest BCUT2D eigenvalue weighted by atomic mass is 9.62. The van der Waals surface area contributed by atoms with E-state index in [4.69, 9.17) is 9.47 Å². The molecule has 1 N–H and O–H groups in total. The second-order valence-corrected chi connectivity index (χ2v) is 11.1. The van der Waals surface area contributed by atoms with Crippen molar-refractivity contribution in [2.45, 2.75) is 95.9 Å². The Hall–Kier alpha value is -2.19. The van der Waals surface area contributed by atoms with Crippen molar-refractivity contribution in [1.29, 1.82) is 0 Å². The van der Waals surface area contributed by atoms with E-state index in [1.807, 2.05) is 26.8 Å². The number of hydrogen-bond acceptors (Lipinski definition) is 6. The number of carbonyl (C=O) groups is 3. The Morgan fingerprint density at radius 1 is 1.27 bits per heavy atom. The van der Waals surface area contributed by atoms with Crippen molar-refractivity contribution in [2.24, 2.45) is 17.8 Å². The number of ether oxygens (including phenoxy) is 2. The van der Waals surface area contributed by atoms with Crippen LogP contribution in [0, 0.1) is 17.8 Å². The Balaban J connectivity index is 2.02. The number of esters is 1. The Kier molecular flexibility index (Phi) is 9.62. The first kappa shape index (κ1) is 29.4. The van der Waals surface area contributed by atoms with Crippen LogP contribution in [0.4, 0.5) is 0 Å². The van der Waals surface area contributed by atoms with Crippen molar-refractivity contribution in [3.63, 3.8) is 0 Å². The first-order chi connectivity index (χ1) is 17.7. The molecule has 0 saturated carbocycles. The average Bonchev–Trinajstić information content (AvgIpc) is 3.39. The van der Waals surface area contributed by atoms with Crippen molar-refractivity contribution >= 4 is 17.8 Å². The minimum Gasteiger partial charge on any atom is -0.465 e. The maximum Gasteiger partial charge on any atom is 0.312 e. The normalized spacial score (nSPS) is 32.8. The molecule has 3 fully saturated rings. The molecule has 2 bridgehead atoms. The molecule has 0 aromatic rings. The topological polar surface area (TPSA) is 96.4 Å². The lowest BCUT2D eigenvalue weighted by molar-refractivity contribution is -0.163. The van der Waals surface area contributed by atoms with E-state index in [2.05, 4.69) is 20.1 Å². The highest BCUT2D eigenvalue weighted by Crippen LogP contribution is 2.65. The Labute approximate surface area is 222 Å². The van der Waals surface area contributed by atoms with Gasteiger partial charge in [0.05, 0.1) is 30.8 Å². The third-order valence-corrected chi connectivity index (χ3v) is 8.81. The molecule has 3 saturated heterocycles. The molecule has 208 valence electrons. The highest BCUT2D eigenvalue weighted by Gasteiger charge is 2.80. The van der Waals surface area contributed by atoms with Crippen molar-refractivity contribution in [3.8, 4) is 0 Å². The summed E-state index contributed by atoms with van der Waals surface area (Å²) in [7, 11) is 0. The average molecular weight is 519 g/mol. The number of likely N-dealkylation sites (tertiary alicyclic amines) is 1. The summed E-state index contributed by atoms with van der Waals surface area (Å²) in [5.74, 6) is -2.61. The lowest BCUT2D eigenvalue weighted by Crippen LogP contribution is -2.59. The van der Waals surface area contributed by atoms with Crippen LogP contribution in [0.2, 0.25) is 0 Å². The minimum absolute atomic E-state index is 0.0529. The molecule has 3 heterocycles. The predicted octanol–water partition coefficient (Wildman–Crippen LogP) is 3.48. The molecule has 0 aromatic carbocycles. The van der Waals surface area contributed by atoms with E-state index in [1.54, 1.807) is 11.0 Å². The summed E-state index contributed by atoms with van der Waals surface area (Å²) in [6.07, 6.45) is 8.68. The molecule has 8 nitrogen and oxygen atoms in total. The van der Waals surface area contributed by atoms with E-state index in [0.29, 0.717) is 32.4 Å². The Morgan fingerprint density at radius 2 is 2.00 bits per heavy atom. The van der Waals surface area contributed by atoms with Gasteiger partial charge < -0.3 is 24.4 Å². The molecule has 7 atom stereocenters. The number of hydrogen-bond donors (Lipinski definition) is 1. The van der Waals surface area contributed by atoms with Crippen LogP contribution < -0.4 is 0 Å². The van der Waals surface area contributed by atoms with Gasteiger partial charge in [0.2, 0.25) is 11.8 Å². The number of amides is 2. The number of fused-ring (bicyclic) bond motifs is 1. The summed E-state index contributed by atoms with van der Waals surface area (Å²) >= 11 is 0. The maximum atomic E-state index is 14.2. The van der Waals surface area contributed by atoms with Crippen LogP contribution in [0.3, 0.4) is 0 Å². The number of carbonyl (C=O) groups excluding carboxylic acids is 3. The summed E-state index contributed by atoms with van der Waals surface area (Å²) in [5, 5.41) is 10.2. The number of allylic oxidation sites excluding steroid dienone is 1. The van der Waals surface area contributed by atoms with Gasteiger partial charge in [0.25, 0.3) is 0 Å². The van der Waals surface area contributed by atoms with Crippen LogP contribution in [0.15, 0.2) is 25.3 Å². The fourth-order valence-corrected chi connectivity index (χ4v) is 6.74. The first-order valence-corrected chi connectivity index (χ1v) is 14.0. The maximum absolute atomic E-state index is 14.2. The van der Waals surface area contributed by atoms with E-state index in [1.165, 1.54) is 4.90 Å². The summed E-state index contributed by atoms with van der Waals surface area (Å²) < 4.78 is 12.4. The van der Waals surface area contributed by atoms with Gasteiger partial charge in [0.15, 0.2) is 0 Å². The molecule has 0 aliphatic carbocycles. The fourth-order valence-electron chi connectivity index (χ4n) is 6.74. The number of unbranched alkanes of at least 4 members (excludes halogenated alkanes) is 3. The van der Waals surface area contributed by atoms with Gasteiger partial charge in [-0.15, -0.1) is 13.2 Å². The Morgan fingerprint density at radius 3 is 2.59 bits per heavy atom. The lowest BCUT2D eigenvalue weighted by Gasteiger charge is -2.39. The van der Waals surface area contributed by atoms with Gasteiger partial charge in [-0.1, -0.05) is 39.3 Å². The van der Waals surface area contributed by atoms with Crippen LogP contribution in [0.1, 0.15) is 72.6 Å². The molecule has 3 unspecified atom stereocenters. The molecule has 37 heavy (non-hydrogen) atoms. The van der Waals surface area contributed by atoms with Gasteiger partial charge in [-0.05, 0) is 51.4 Å². The molecule has 8 heteroatoms. The molecular weight excluding hydrogens is 472 g/mol. The van der Waals surface area contributed by atoms with E-state index >= 15 is 0 Å². The van der Waals surface area contributed by atoms with Gasteiger partial charge in [-0.25, -0.2) is 0 Å². The van der Waals surface area contributed by atoms with E-state index < -0.39 is 41.1 Å².